The Hall–Kier alpha value is -1.99. The fourth-order valence-corrected chi connectivity index (χ4v) is 4.21. The molecule has 1 atom stereocenters. The van der Waals surface area contributed by atoms with Gasteiger partial charge in [0.15, 0.2) is 0 Å². The van der Waals surface area contributed by atoms with Crippen LogP contribution in [0.25, 0.3) is 6.08 Å². The van der Waals surface area contributed by atoms with Gasteiger partial charge in [0, 0.05) is 24.7 Å². The summed E-state index contributed by atoms with van der Waals surface area (Å²) in [5, 5.41) is 1.98. The maximum atomic E-state index is 12.0. The minimum atomic E-state index is -0.341. The van der Waals surface area contributed by atoms with Crippen molar-refractivity contribution in [1.82, 2.24) is 5.32 Å². The van der Waals surface area contributed by atoms with Crippen LogP contribution >= 0.6 is 11.8 Å². The van der Waals surface area contributed by atoms with Gasteiger partial charge in [0.1, 0.15) is 5.75 Å². The van der Waals surface area contributed by atoms with Gasteiger partial charge in [-0.05, 0) is 56.0 Å². The van der Waals surface area contributed by atoms with Gasteiger partial charge >= 0.3 is 0 Å². The predicted molar refractivity (Wildman–Crippen MR) is 103 cm³/mol. The van der Waals surface area contributed by atoms with Crippen molar-refractivity contribution in [2.75, 3.05) is 18.0 Å². The molecule has 7 heteroatoms. The van der Waals surface area contributed by atoms with Crippen molar-refractivity contribution >= 4 is 34.7 Å². The molecule has 3 fully saturated rings. The number of carbonyl (C=O) groups excluding carboxylic acids is 2. The number of nitrogens with one attached hydrogen (secondary N) is 1. The summed E-state index contributed by atoms with van der Waals surface area (Å²) in [7, 11) is 0. The molecule has 26 heavy (non-hydrogen) atoms. The molecule has 6 nitrogen and oxygen atoms in total. The Labute approximate surface area is 157 Å². The van der Waals surface area contributed by atoms with E-state index in [9.17, 15) is 9.59 Å². The van der Waals surface area contributed by atoms with Crippen LogP contribution in [0.5, 0.6) is 5.75 Å². The van der Waals surface area contributed by atoms with Crippen molar-refractivity contribution in [2.45, 2.75) is 44.2 Å². The summed E-state index contributed by atoms with van der Waals surface area (Å²) in [5.41, 5.74) is 8.07. The van der Waals surface area contributed by atoms with E-state index in [1.807, 2.05) is 18.2 Å². The second kappa shape index (κ2) is 7.32. The monoisotopic (exact) mass is 373 g/mol. The number of rotatable bonds is 4. The van der Waals surface area contributed by atoms with E-state index in [2.05, 4.69) is 10.2 Å². The lowest BCUT2D eigenvalue weighted by molar-refractivity contribution is -0.115. The summed E-state index contributed by atoms with van der Waals surface area (Å²) in [6, 6.07) is 6.02. The van der Waals surface area contributed by atoms with Crippen LogP contribution in [0.2, 0.25) is 0 Å². The van der Waals surface area contributed by atoms with Gasteiger partial charge in [0.25, 0.3) is 11.1 Å². The molecule has 2 aliphatic heterocycles. The highest BCUT2D eigenvalue weighted by atomic mass is 32.2. The molecule has 0 spiro atoms. The number of ether oxygens (including phenoxy) is 1. The van der Waals surface area contributed by atoms with E-state index in [-0.39, 0.29) is 23.3 Å². The SMILES string of the molecule is NC1CCCN(c2c(C=C3SC(=O)NC3=O)cccc2OC2CCC2)C1. The van der Waals surface area contributed by atoms with Crippen LogP contribution in [0.15, 0.2) is 23.1 Å². The number of para-hydroxylation sites is 1. The first-order valence-electron chi connectivity index (χ1n) is 9.15. The van der Waals surface area contributed by atoms with Gasteiger partial charge in [0.2, 0.25) is 0 Å². The molecule has 2 saturated heterocycles. The van der Waals surface area contributed by atoms with Gasteiger partial charge in [-0.2, -0.15) is 0 Å². The van der Waals surface area contributed by atoms with Gasteiger partial charge in [-0.25, -0.2) is 0 Å². The molecule has 1 aromatic carbocycles. The second-order valence-corrected chi connectivity index (χ2v) is 8.08. The number of carbonyl (C=O) groups is 2. The molecule has 0 bridgehead atoms. The molecule has 0 radical (unpaired) electrons. The number of hydrogen-bond acceptors (Lipinski definition) is 6. The van der Waals surface area contributed by atoms with Gasteiger partial charge in [-0.1, -0.05) is 12.1 Å². The van der Waals surface area contributed by atoms with Crippen LogP contribution in [-0.2, 0) is 4.79 Å². The Bertz CT molecular complexity index is 760. The van der Waals surface area contributed by atoms with E-state index in [4.69, 9.17) is 10.5 Å². The molecule has 0 aromatic heterocycles. The molecule has 2 heterocycles. The minimum Gasteiger partial charge on any atom is -0.488 e. The van der Waals surface area contributed by atoms with E-state index >= 15 is 0 Å². The summed E-state index contributed by atoms with van der Waals surface area (Å²) in [5.74, 6) is 0.500. The van der Waals surface area contributed by atoms with Crippen molar-refractivity contribution in [3.63, 3.8) is 0 Å². The van der Waals surface area contributed by atoms with Gasteiger partial charge in [0.05, 0.1) is 16.7 Å². The molecule has 138 valence electrons. The molecule has 1 aromatic rings. The number of hydrogen-bond donors (Lipinski definition) is 2. The van der Waals surface area contributed by atoms with Crippen LogP contribution in [0.4, 0.5) is 10.5 Å². The predicted octanol–water partition coefficient (Wildman–Crippen LogP) is 2.87. The third-order valence-corrected chi connectivity index (χ3v) is 5.89. The van der Waals surface area contributed by atoms with Crippen molar-refractivity contribution in [3.8, 4) is 5.75 Å². The lowest BCUT2D eigenvalue weighted by Gasteiger charge is -2.36. The van der Waals surface area contributed by atoms with Gasteiger partial charge in [-0.15, -0.1) is 0 Å². The van der Waals surface area contributed by atoms with Crippen molar-refractivity contribution in [2.24, 2.45) is 5.73 Å². The fraction of sp³-hybridized carbons (Fsp3) is 0.474. The number of imide groups is 1. The zero-order valence-corrected chi connectivity index (χ0v) is 15.4. The number of thioether (sulfide) groups is 1. The number of benzene rings is 1. The highest BCUT2D eigenvalue weighted by molar-refractivity contribution is 8.18. The lowest BCUT2D eigenvalue weighted by atomic mass is 9.96. The van der Waals surface area contributed by atoms with Crippen molar-refractivity contribution in [3.05, 3.63) is 28.7 Å². The third kappa shape index (κ3) is 3.59. The number of nitrogens with two attached hydrogens (primary N) is 1. The highest BCUT2D eigenvalue weighted by Gasteiger charge is 2.28. The van der Waals surface area contributed by atoms with E-state index in [0.717, 1.165) is 67.5 Å². The number of piperidine rings is 1. The zero-order valence-electron chi connectivity index (χ0n) is 14.6. The average Bonchev–Trinajstić information content (AvgIpc) is 2.88. The molecular weight excluding hydrogens is 350 g/mol. The average molecular weight is 373 g/mol. The number of nitrogens with zero attached hydrogens (tertiary/aromatic N) is 1. The fourth-order valence-electron chi connectivity index (χ4n) is 3.53. The van der Waals surface area contributed by atoms with Gasteiger partial charge in [-0.3, -0.25) is 14.9 Å². The maximum absolute atomic E-state index is 12.0. The van der Waals surface area contributed by atoms with E-state index in [0.29, 0.717) is 4.91 Å². The first kappa shape index (κ1) is 17.4. The Kier molecular flexibility index (Phi) is 4.91. The van der Waals surface area contributed by atoms with E-state index in [1.165, 1.54) is 6.42 Å². The Morgan fingerprint density at radius 3 is 2.73 bits per heavy atom. The largest absolute Gasteiger partial charge is 0.488 e. The molecular formula is C19H23N3O3S. The Balaban J connectivity index is 1.72. The summed E-state index contributed by atoms with van der Waals surface area (Å²) in [6.45, 7) is 1.67. The third-order valence-electron chi connectivity index (χ3n) is 5.08. The first-order chi connectivity index (χ1) is 12.6. The summed E-state index contributed by atoms with van der Waals surface area (Å²) < 4.78 is 6.24. The van der Waals surface area contributed by atoms with E-state index in [1.54, 1.807) is 6.08 Å². The normalized spacial score (nSPS) is 25.3. The Morgan fingerprint density at radius 1 is 1.23 bits per heavy atom. The summed E-state index contributed by atoms with van der Waals surface area (Å²) in [4.78, 5) is 26.1. The first-order valence-corrected chi connectivity index (χ1v) is 9.97. The molecule has 2 amide bonds. The molecule has 3 N–H and O–H groups in total. The smallest absolute Gasteiger partial charge is 0.290 e. The topological polar surface area (TPSA) is 84.7 Å². The zero-order chi connectivity index (χ0) is 18.1. The molecule has 1 aliphatic carbocycles. The maximum Gasteiger partial charge on any atom is 0.290 e. The second-order valence-electron chi connectivity index (χ2n) is 7.07. The number of amides is 2. The molecule has 3 aliphatic rings. The molecule has 1 saturated carbocycles. The van der Waals surface area contributed by atoms with Crippen LogP contribution in [0, 0.1) is 0 Å². The van der Waals surface area contributed by atoms with Crippen LogP contribution in [-0.4, -0.2) is 36.4 Å². The van der Waals surface area contributed by atoms with E-state index < -0.39 is 0 Å². The molecule has 1 unspecified atom stereocenters. The lowest BCUT2D eigenvalue weighted by Crippen LogP contribution is -2.43. The quantitative estimate of drug-likeness (QED) is 0.790. The Morgan fingerprint density at radius 2 is 2.08 bits per heavy atom. The summed E-state index contributed by atoms with van der Waals surface area (Å²) in [6.07, 6.45) is 7.47. The van der Waals surface area contributed by atoms with Crippen molar-refractivity contribution < 1.29 is 14.3 Å². The van der Waals surface area contributed by atoms with Crippen LogP contribution < -0.4 is 20.7 Å². The summed E-state index contributed by atoms with van der Waals surface area (Å²) >= 11 is 0.937. The number of anilines is 1. The van der Waals surface area contributed by atoms with Crippen LogP contribution in [0.1, 0.15) is 37.7 Å². The van der Waals surface area contributed by atoms with Gasteiger partial charge < -0.3 is 15.4 Å². The van der Waals surface area contributed by atoms with Crippen molar-refractivity contribution in [1.29, 1.82) is 0 Å². The standard InChI is InChI=1S/C19H23N3O3S/c20-13-5-3-9-22(11-13)17-12(10-16-18(23)21-19(24)26-16)4-1-8-15(17)25-14-6-2-7-14/h1,4,8,10,13-14H,2-3,5-7,9,11,20H2,(H,21,23,24). The highest BCUT2D eigenvalue weighted by Crippen LogP contribution is 2.39. The minimum absolute atomic E-state index is 0.131. The molecule has 4 rings (SSSR count). The van der Waals surface area contributed by atoms with Crippen LogP contribution in [0.3, 0.4) is 0 Å².